The number of carboxylic acid groups (broad SMARTS) is 1. The molecule has 0 unspecified atom stereocenters. The molecule has 1 aromatic heterocycles. The highest BCUT2D eigenvalue weighted by Crippen LogP contribution is 2.24. The number of rotatable bonds is 4. The zero-order chi connectivity index (χ0) is 12.3. The molecule has 1 heterocycles. The average molecular weight is 239 g/mol. The number of aliphatic carboxylic acids is 1. The Kier molecular flexibility index (Phi) is 3.73. The highest BCUT2D eigenvalue weighted by molar-refractivity contribution is 5.70. The smallest absolute Gasteiger partial charge is 0.306 e. The Morgan fingerprint density at radius 3 is 2.71 bits per heavy atom. The number of nitrogens with zero attached hydrogens (tertiary/aromatic N) is 2. The van der Waals surface area contributed by atoms with E-state index in [0.717, 1.165) is 25.7 Å². The Labute approximate surface area is 99.4 Å². The second kappa shape index (κ2) is 5.27. The molecule has 1 aromatic rings. The van der Waals surface area contributed by atoms with Gasteiger partial charge in [0, 0.05) is 6.04 Å². The molecule has 2 N–H and O–H groups in total. The van der Waals surface area contributed by atoms with Gasteiger partial charge in [-0.25, -0.2) is 0 Å². The van der Waals surface area contributed by atoms with Crippen LogP contribution in [0.4, 0.5) is 0 Å². The van der Waals surface area contributed by atoms with Crippen molar-refractivity contribution in [3.05, 3.63) is 11.7 Å². The van der Waals surface area contributed by atoms with E-state index < -0.39 is 5.97 Å². The van der Waals surface area contributed by atoms with Crippen LogP contribution in [0.2, 0.25) is 0 Å². The molecule has 94 valence electrons. The van der Waals surface area contributed by atoms with Crippen molar-refractivity contribution in [1.82, 2.24) is 15.5 Å². The molecule has 0 radical (unpaired) electrons. The van der Waals surface area contributed by atoms with Gasteiger partial charge in [0.15, 0.2) is 5.82 Å². The van der Waals surface area contributed by atoms with Crippen molar-refractivity contribution >= 4 is 5.97 Å². The fourth-order valence-corrected chi connectivity index (χ4v) is 2.19. The van der Waals surface area contributed by atoms with E-state index in [2.05, 4.69) is 15.5 Å². The summed E-state index contributed by atoms with van der Waals surface area (Å²) in [6.45, 7) is 2.34. The van der Waals surface area contributed by atoms with Crippen molar-refractivity contribution in [2.45, 2.75) is 45.2 Å². The van der Waals surface area contributed by atoms with Gasteiger partial charge in [0.2, 0.25) is 5.89 Å². The average Bonchev–Trinajstić information content (AvgIpc) is 2.73. The Balaban J connectivity index is 1.73. The maximum atomic E-state index is 10.8. The molecule has 1 aliphatic carbocycles. The van der Waals surface area contributed by atoms with Crippen LogP contribution in [0.1, 0.15) is 37.4 Å². The molecule has 0 aromatic carbocycles. The number of carbonyl (C=O) groups is 1. The first kappa shape index (κ1) is 12.0. The third kappa shape index (κ3) is 3.26. The number of nitrogens with one attached hydrogen (secondary N) is 1. The number of hydrogen-bond acceptors (Lipinski definition) is 5. The van der Waals surface area contributed by atoms with Crippen LogP contribution in [0.15, 0.2) is 4.52 Å². The van der Waals surface area contributed by atoms with E-state index >= 15 is 0 Å². The SMILES string of the molecule is Cc1noc(CNC2CCC(C(=O)O)CC2)n1. The third-order valence-electron chi connectivity index (χ3n) is 3.19. The third-order valence-corrected chi connectivity index (χ3v) is 3.19. The van der Waals surface area contributed by atoms with Gasteiger partial charge >= 0.3 is 5.97 Å². The number of carboxylic acids is 1. The summed E-state index contributed by atoms with van der Waals surface area (Å²) in [5.74, 6) is 0.383. The molecule has 0 saturated heterocycles. The predicted molar refractivity (Wildman–Crippen MR) is 59.3 cm³/mol. The van der Waals surface area contributed by atoms with Gasteiger partial charge in [-0.3, -0.25) is 4.79 Å². The summed E-state index contributed by atoms with van der Waals surface area (Å²) in [6.07, 6.45) is 3.28. The minimum atomic E-state index is -0.670. The molecule has 0 amide bonds. The second-order valence-electron chi connectivity index (χ2n) is 4.50. The Morgan fingerprint density at radius 1 is 1.47 bits per heavy atom. The first-order valence-corrected chi connectivity index (χ1v) is 5.90. The first-order valence-electron chi connectivity index (χ1n) is 5.90. The summed E-state index contributed by atoms with van der Waals surface area (Å²) >= 11 is 0. The molecule has 17 heavy (non-hydrogen) atoms. The van der Waals surface area contributed by atoms with E-state index in [9.17, 15) is 4.79 Å². The number of hydrogen-bond donors (Lipinski definition) is 2. The van der Waals surface area contributed by atoms with Crippen molar-refractivity contribution in [2.24, 2.45) is 5.92 Å². The van der Waals surface area contributed by atoms with Crippen LogP contribution < -0.4 is 5.32 Å². The molecule has 0 aliphatic heterocycles. The predicted octanol–water partition coefficient (Wildman–Crippen LogP) is 1.11. The zero-order valence-electron chi connectivity index (χ0n) is 9.85. The summed E-state index contributed by atoms with van der Waals surface area (Å²) in [6, 6.07) is 0.359. The second-order valence-corrected chi connectivity index (χ2v) is 4.50. The molecule has 6 nitrogen and oxygen atoms in total. The normalized spacial score (nSPS) is 24.8. The van der Waals surface area contributed by atoms with Gasteiger partial charge in [-0.1, -0.05) is 5.16 Å². The van der Waals surface area contributed by atoms with Gasteiger partial charge in [-0.05, 0) is 32.6 Å². The quantitative estimate of drug-likeness (QED) is 0.818. The summed E-state index contributed by atoms with van der Waals surface area (Å²) in [4.78, 5) is 14.9. The fourth-order valence-electron chi connectivity index (χ4n) is 2.19. The van der Waals surface area contributed by atoms with Gasteiger partial charge in [0.1, 0.15) is 0 Å². The molecule has 0 bridgehead atoms. The summed E-state index contributed by atoms with van der Waals surface area (Å²) < 4.78 is 5.00. The molecular formula is C11H17N3O3. The van der Waals surface area contributed by atoms with Crippen molar-refractivity contribution in [1.29, 1.82) is 0 Å². The van der Waals surface area contributed by atoms with Crippen LogP contribution >= 0.6 is 0 Å². The van der Waals surface area contributed by atoms with Crippen LogP contribution in [0.5, 0.6) is 0 Å². The highest BCUT2D eigenvalue weighted by atomic mass is 16.5. The van der Waals surface area contributed by atoms with E-state index in [1.165, 1.54) is 0 Å². The number of aromatic nitrogens is 2. The molecular weight excluding hydrogens is 222 g/mol. The van der Waals surface area contributed by atoms with Crippen molar-refractivity contribution in [3.63, 3.8) is 0 Å². The maximum absolute atomic E-state index is 10.8. The molecule has 0 spiro atoms. The lowest BCUT2D eigenvalue weighted by atomic mass is 9.86. The van der Waals surface area contributed by atoms with Gasteiger partial charge in [0.05, 0.1) is 12.5 Å². The topological polar surface area (TPSA) is 88.2 Å². The molecule has 1 fully saturated rings. The summed E-state index contributed by atoms with van der Waals surface area (Å²) in [5.41, 5.74) is 0. The standard InChI is InChI=1S/C11H17N3O3/c1-7-13-10(17-14-7)6-12-9-4-2-8(3-5-9)11(15)16/h8-9,12H,2-6H2,1H3,(H,15,16). The van der Waals surface area contributed by atoms with E-state index in [-0.39, 0.29) is 5.92 Å². The largest absolute Gasteiger partial charge is 0.481 e. The maximum Gasteiger partial charge on any atom is 0.306 e. The summed E-state index contributed by atoms with van der Waals surface area (Å²) in [5, 5.41) is 15.9. The first-order chi connectivity index (χ1) is 8.15. The minimum absolute atomic E-state index is 0.168. The molecule has 2 rings (SSSR count). The van der Waals surface area contributed by atoms with E-state index in [1.807, 2.05) is 0 Å². The molecule has 0 atom stereocenters. The van der Waals surface area contributed by atoms with Crippen LogP contribution in [0.3, 0.4) is 0 Å². The molecule has 6 heteroatoms. The van der Waals surface area contributed by atoms with Crippen LogP contribution in [-0.4, -0.2) is 27.3 Å². The van der Waals surface area contributed by atoms with Gasteiger partial charge < -0.3 is 14.9 Å². The van der Waals surface area contributed by atoms with Gasteiger partial charge in [0.25, 0.3) is 0 Å². The highest BCUT2D eigenvalue weighted by Gasteiger charge is 2.25. The van der Waals surface area contributed by atoms with Crippen molar-refractivity contribution in [3.8, 4) is 0 Å². The lowest BCUT2D eigenvalue weighted by Gasteiger charge is -2.26. The molecule has 1 aliphatic rings. The monoisotopic (exact) mass is 239 g/mol. The van der Waals surface area contributed by atoms with Gasteiger partial charge in [-0.2, -0.15) is 4.98 Å². The van der Waals surface area contributed by atoms with E-state index in [0.29, 0.717) is 24.3 Å². The zero-order valence-corrected chi connectivity index (χ0v) is 9.85. The summed E-state index contributed by atoms with van der Waals surface area (Å²) in [7, 11) is 0. The van der Waals surface area contributed by atoms with Crippen LogP contribution in [-0.2, 0) is 11.3 Å². The number of aryl methyl sites for hydroxylation is 1. The van der Waals surface area contributed by atoms with Gasteiger partial charge in [-0.15, -0.1) is 0 Å². The fraction of sp³-hybridized carbons (Fsp3) is 0.727. The lowest BCUT2D eigenvalue weighted by molar-refractivity contribution is -0.142. The van der Waals surface area contributed by atoms with E-state index in [4.69, 9.17) is 9.63 Å². The van der Waals surface area contributed by atoms with Crippen molar-refractivity contribution < 1.29 is 14.4 Å². The lowest BCUT2D eigenvalue weighted by Crippen LogP contribution is -2.34. The molecule has 1 saturated carbocycles. The Morgan fingerprint density at radius 2 is 2.18 bits per heavy atom. The van der Waals surface area contributed by atoms with Crippen LogP contribution in [0, 0.1) is 12.8 Å². The Hall–Kier alpha value is -1.43. The van der Waals surface area contributed by atoms with Crippen LogP contribution in [0.25, 0.3) is 0 Å². The minimum Gasteiger partial charge on any atom is -0.481 e. The van der Waals surface area contributed by atoms with Crippen molar-refractivity contribution in [2.75, 3.05) is 0 Å². The van der Waals surface area contributed by atoms with E-state index in [1.54, 1.807) is 6.92 Å². The Bertz CT molecular complexity index is 383.